The van der Waals surface area contributed by atoms with Gasteiger partial charge in [-0.1, -0.05) is 40.9 Å². The molecule has 166 valence electrons. The fourth-order valence-electron chi connectivity index (χ4n) is 3.03. The average Bonchev–Trinajstić information content (AvgIpc) is 2.79. The van der Waals surface area contributed by atoms with Crippen molar-refractivity contribution in [3.63, 3.8) is 0 Å². The second-order valence-electron chi connectivity index (χ2n) is 6.82. The number of nitrogens with one attached hydrogen (secondary N) is 2. The smallest absolute Gasteiger partial charge is 0.276 e. The Bertz CT molecular complexity index is 1440. The molecule has 0 radical (unpaired) electrons. The van der Waals surface area contributed by atoms with E-state index in [2.05, 4.69) is 25.5 Å². The first-order chi connectivity index (χ1) is 15.8. The van der Waals surface area contributed by atoms with Crippen LogP contribution in [0.1, 0.15) is 27.7 Å². The van der Waals surface area contributed by atoms with Crippen molar-refractivity contribution in [2.24, 2.45) is 5.10 Å². The number of benzene rings is 2. The number of carbonyl (C=O) groups is 1. The standard InChI is InChI=1S/C22H14Cl3N5O3/c23-12-1-3-14(15(25)9-12)20(31)18(29-30-21(32)11-5-7-26-8-6-11)19-22(33)28-17-10-13(24)2-4-16(17)27-19/h1-10,20,31H,(H,28,33)(H,30,32)/b29-18-/t20-/m0/s1. The van der Waals surface area contributed by atoms with E-state index in [1.165, 1.54) is 42.7 Å². The zero-order valence-electron chi connectivity index (χ0n) is 16.6. The average molecular weight is 503 g/mol. The molecule has 33 heavy (non-hydrogen) atoms. The lowest BCUT2D eigenvalue weighted by molar-refractivity contribution is 0.0954. The topological polar surface area (TPSA) is 120 Å². The molecule has 0 aliphatic rings. The fraction of sp³-hybridized carbons (Fsp3) is 0.0455. The molecule has 11 heteroatoms. The largest absolute Gasteiger partial charge is 0.382 e. The number of aromatic nitrogens is 3. The minimum absolute atomic E-state index is 0.146. The highest BCUT2D eigenvalue weighted by Crippen LogP contribution is 2.28. The number of H-pyrrole nitrogens is 1. The number of aromatic amines is 1. The van der Waals surface area contributed by atoms with E-state index in [0.29, 0.717) is 21.1 Å². The Hall–Kier alpha value is -3.30. The van der Waals surface area contributed by atoms with Crippen LogP contribution in [0.2, 0.25) is 15.1 Å². The minimum atomic E-state index is -1.51. The highest BCUT2D eigenvalue weighted by Gasteiger charge is 2.25. The second-order valence-corrected chi connectivity index (χ2v) is 8.10. The first-order valence-corrected chi connectivity index (χ1v) is 10.6. The Balaban J connectivity index is 1.82. The number of hydrazone groups is 1. The van der Waals surface area contributed by atoms with Gasteiger partial charge in [0.2, 0.25) is 0 Å². The van der Waals surface area contributed by atoms with Crippen molar-refractivity contribution >= 4 is 57.5 Å². The molecule has 0 spiro atoms. The quantitative estimate of drug-likeness (QED) is 0.280. The van der Waals surface area contributed by atoms with Crippen LogP contribution in [0, 0.1) is 0 Å². The van der Waals surface area contributed by atoms with Gasteiger partial charge in [0.1, 0.15) is 11.8 Å². The molecule has 4 aromatic rings. The molecule has 2 aromatic heterocycles. The van der Waals surface area contributed by atoms with Gasteiger partial charge in [0.15, 0.2) is 5.69 Å². The summed E-state index contributed by atoms with van der Waals surface area (Å²) in [6.07, 6.45) is 1.39. The molecule has 0 aliphatic heterocycles. The Morgan fingerprint density at radius 1 is 1.03 bits per heavy atom. The number of aliphatic hydroxyl groups is 1. The van der Waals surface area contributed by atoms with E-state index >= 15 is 0 Å². The van der Waals surface area contributed by atoms with Crippen molar-refractivity contribution in [3.05, 3.63) is 103 Å². The second kappa shape index (κ2) is 9.68. The van der Waals surface area contributed by atoms with Crippen LogP contribution in [0.5, 0.6) is 0 Å². The molecule has 0 bridgehead atoms. The Labute approximate surface area is 201 Å². The highest BCUT2D eigenvalue weighted by atomic mass is 35.5. The number of hydrogen-bond donors (Lipinski definition) is 3. The molecule has 4 rings (SSSR count). The van der Waals surface area contributed by atoms with Gasteiger partial charge in [0.25, 0.3) is 11.5 Å². The number of rotatable bonds is 5. The Morgan fingerprint density at radius 3 is 2.45 bits per heavy atom. The predicted molar refractivity (Wildman–Crippen MR) is 127 cm³/mol. The van der Waals surface area contributed by atoms with Crippen molar-refractivity contribution < 1.29 is 9.90 Å². The van der Waals surface area contributed by atoms with Crippen molar-refractivity contribution in [1.82, 2.24) is 20.4 Å². The van der Waals surface area contributed by atoms with Crippen LogP contribution in [-0.2, 0) is 0 Å². The molecule has 3 N–H and O–H groups in total. The van der Waals surface area contributed by atoms with Crippen LogP contribution in [0.15, 0.2) is 70.8 Å². The molecule has 2 heterocycles. The molecule has 1 amide bonds. The molecule has 2 aromatic carbocycles. The maximum Gasteiger partial charge on any atom is 0.276 e. The zero-order chi connectivity index (χ0) is 23.5. The van der Waals surface area contributed by atoms with Gasteiger partial charge in [-0.25, -0.2) is 10.4 Å². The number of fused-ring (bicyclic) bond motifs is 1. The van der Waals surface area contributed by atoms with E-state index in [9.17, 15) is 14.7 Å². The van der Waals surface area contributed by atoms with Gasteiger partial charge in [-0.3, -0.25) is 14.6 Å². The summed E-state index contributed by atoms with van der Waals surface area (Å²) in [6.45, 7) is 0. The number of nitrogens with zero attached hydrogens (tertiary/aromatic N) is 3. The summed E-state index contributed by atoms with van der Waals surface area (Å²) < 4.78 is 0. The maximum absolute atomic E-state index is 12.8. The highest BCUT2D eigenvalue weighted by molar-refractivity contribution is 6.35. The van der Waals surface area contributed by atoms with E-state index in [1.807, 2.05) is 0 Å². The van der Waals surface area contributed by atoms with Crippen LogP contribution < -0.4 is 11.0 Å². The van der Waals surface area contributed by atoms with Crippen molar-refractivity contribution in [2.45, 2.75) is 6.10 Å². The van der Waals surface area contributed by atoms with Gasteiger partial charge in [0.05, 0.1) is 11.0 Å². The van der Waals surface area contributed by atoms with Crippen LogP contribution in [-0.4, -0.2) is 31.7 Å². The van der Waals surface area contributed by atoms with Gasteiger partial charge in [0, 0.05) is 38.6 Å². The van der Waals surface area contributed by atoms with Crippen LogP contribution in [0.4, 0.5) is 0 Å². The lowest BCUT2D eigenvalue weighted by Crippen LogP contribution is -2.29. The number of hydrogen-bond acceptors (Lipinski definition) is 6. The molecule has 0 saturated heterocycles. The summed E-state index contributed by atoms with van der Waals surface area (Å²) in [5.41, 5.74) is 2.56. The van der Waals surface area contributed by atoms with E-state index in [4.69, 9.17) is 34.8 Å². The summed E-state index contributed by atoms with van der Waals surface area (Å²) in [7, 11) is 0. The third kappa shape index (κ3) is 5.04. The van der Waals surface area contributed by atoms with E-state index in [-0.39, 0.29) is 27.6 Å². The molecule has 8 nitrogen and oxygen atoms in total. The van der Waals surface area contributed by atoms with Crippen molar-refractivity contribution in [1.29, 1.82) is 0 Å². The minimum Gasteiger partial charge on any atom is -0.382 e. The van der Waals surface area contributed by atoms with Gasteiger partial charge in [-0.15, -0.1) is 0 Å². The normalized spacial score (nSPS) is 12.5. The number of amides is 1. The molecule has 1 atom stereocenters. The third-order valence-corrected chi connectivity index (χ3v) is 5.43. The summed E-state index contributed by atoms with van der Waals surface area (Å²) >= 11 is 18.2. The number of pyridine rings is 1. The first kappa shape index (κ1) is 22.9. The SMILES string of the molecule is O=C(N/N=C(/c1nc2ccc(Cl)cc2[nH]c1=O)[C@@H](O)c1ccc(Cl)cc1Cl)c1ccncc1. The summed E-state index contributed by atoms with van der Waals surface area (Å²) in [5.74, 6) is -0.576. The summed E-state index contributed by atoms with van der Waals surface area (Å²) in [4.78, 5) is 36.2. The van der Waals surface area contributed by atoms with Crippen molar-refractivity contribution in [2.75, 3.05) is 0 Å². The predicted octanol–water partition coefficient (Wildman–Crippen LogP) is 4.15. The lowest BCUT2D eigenvalue weighted by atomic mass is 10.0. The summed E-state index contributed by atoms with van der Waals surface area (Å²) in [5, 5.41) is 16.1. The van der Waals surface area contributed by atoms with Gasteiger partial charge < -0.3 is 10.1 Å². The number of aliphatic hydroxyl groups excluding tert-OH is 1. The molecule has 0 aliphatic carbocycles. The monoisotopic (exact) mass is 501 g/mol. The Kier molecular flexibility index (Phi) is 6.71. The fourth-order valence-corrected chi connectivity index (χ4v) is 3.71. The molecule has 0 saturated carbocycles. The third-order valence-electron chi connectivity index (χ3n) is 4.63. The number of carbonyl (C=O) groups excluding carboxylic acids is 1. The summed E-state index contributed by atoms with van der Waals surface area (Å²) in [6, 6.07) is 12.2. The van der Waals surface area contributed by atoms with E-state index in [0.717, 1.165) is 0 Å². The van der Waals surface area contributed by atoms with Gasteiger partial charge in [-0.05, 0) is 42.5 Å². The molecule has 0 fully saturated rings. The van der Waals surface area contributed by atoms with Gasteiger partial charge in [-0.2, -0.15) is 5.10 Å². The lowest BCUT2D eigenvalue weighted by Gasteiger charge is -2.16. The van der Waals surface area contributed by atoms with Crippen LogP contribution >= 0.6 is 34.8 Å². The van der Waals surface area contributed by atoms with E-state index in [1.54, 1.807) is 18.2 Å². The van der Waals surface area contributed by atoms with E-state index < -0.39 is 17.6 Å². The maximum atomic E-state index is 12.8. The molecule has 0 unspecified atom stereocenters. The van der Waals surface area contributed by atoms with Crippen molar-refractivity contribution in [3.8, 4) is 0 Å². The molecular formula is C22H14Cl3N5O3. The van der Waals surface area contributed by atoms with Crippen LogP contribution in [0.3, 0.4) is 0 Å². The Morgan fingerprint density at radius 2 is 1.73 bits per heavy atom. The zero-order valence-corrected chi connectivity index (χ0v) is 18.9. The van der Waals surface area contributed by atoms with Crippen LogP contribution in [0.25, 0.3) is 11.0 Å². The first-order valence-electron chi connectivity index (χ1n) is 9.44. The molecular weight excluding hydrogens is 489 g/mol. The van der Waals surface area contributed by atoms with Gasteiger partial charge >= 0.3 is 0 Å². The number of halogens is 3.